The van der Waals surface area contributed by atoms with Gasteiger partial charge in [-0.05, 0) is 18.2 Å². The van der Waals surface area contributed by atoms with Gasteiger partial charge in [-0.15, -0.1) is 0 Å². The Hall–Kier alpha value is -2.55. The van der Waals surface area contributed by atoms with E-state index < -0.39 is 0 Å². The van der Waals surface area contributed by atoms with E-state index in [9.17, 15) is 0 Å². The summed E-state index contributed by atoms with van der Waals surface area (Å²) in [5, 5.41) is 2.20. The van der Waals surface area contributed by atoms with E-state index in [1.54, 1.807) is 0 Å². The fraction of sp³-hybridized carbons (Fsp3) is 0. The highest BCUT2D eigenvalue weighted by molar-refractivity contribution is 5.88. The largest absolute Gasteiger partial charge is 0.308 e. The molecule has 0 saturated carbocycles. The van der Waals surface area contributed by atoms with E-state index >= 15 is 0 Å². The number of benzene rings is 2. The number of rotatable bonds is 0. The summed E-state index contributed by atoms with van der Waals surface area (Å²) in [6.07, 6.45) is 5.96. The summed E-state index contributed by atoms with van der Waals surface area (Å²) in [6, 6.07) is 12.4. The fourth-order valence-electron chi connectivity index (χ4n) is 2.47. The molecule has 0 atom stereocenters. The molecule has 4 rings (SSSR count). The van der Waals surface area contributed by atoms with Crippen molar-refractivity contribution in [3.8, 4) is 11.1 Å². The molecule has 3 heteroatoms. The molecule has 3 nitrogen and oxygen atoms in total. The van der Waals surface area contributed by atoms with Crippen molar-refractivity contribution in [1.82, 2.24) is 5.43 Å². The second-order valence-electron chi connectivity index (χ2n) is 4.35. The molecule has 0 unspecified atom stereocenters. The molecule has 0 saturated heterocycles. The van der Waals surface area contributed by atoms with Gasteiger partial charge >= 0.3 is 0 Å². The van der Waals surface area contributed by atoms with Crippen LogP contribution in [0.3, 0.4) is 0 Å². The molecular formula is C15H11N3. The van der Waals surface area contributed by atoms with Crippen LogP contribution < -0.4 is 21.4 Å². The number of nitrogens with zero attached hydrogens (tertiary/aromatic N) is 1. The molecule has 0 spiro atoms. The zero-order valence-electron chi connectivity index (χ0n) is 9.64. The first-order valence-corrected chi connectivity index (χ1v) is 5.93. The van der Waals surface area contributed by atoms with E-state index in [2.05, 4.69) is 46.2 Å². The maximum absolute atomic E-state index is 4.65. The summed E-state index contributed by atoms with van der Waals surface area (Å²) >= 11 is 0. The van der Waals surface area contributed by atoms with Crippen LogP contribution in [0.25, 0.3) is 17.2 Å². The van der Waals surface area contributed by atoms with Crippen LogP contribution in [-0.4, -0.2) is 0 Å². The molecule has 0 amide bonds. The number of hydrogen-bond donors (Lipinski definition) is 2. The minimum atomic E-state index is 1.03. The molecule has 2 aromatic carbocycles. The first-order chi connectivity index (χ1) is 8.93. The summed E-state index contributed by atoms with van der Waals surface area (Å²) < 4.78 is 0. The molecule has 2 N–H and O–H groups in total. The highest BCUT2D eigenvalue weighted by Crippen LogP contribution is 2.34. The lowest BCUT2D eigenvalue weighted by Gasteiger charge is -2.10. The van der Waals surface area contributed by atoms with Crippen LogP contribution in [-0.2, 0) is 0 Å². The van der Waals surface area contributed by atoms with Crippen molar-refractivity contribution in [2.24, 2.45) is 4.99 Å². The maximum atomic E-state index is 4.65. The van der Waals surface area contributed by atoms with Gasteiger partial charge in [0.05, 0.1) is 16.7 Å². The van der Waals surface area contributed by atoms with E-state index in [1.165, 1.54) is 16.3 Å². The van der Waals surface area contributed by atoms with Crippen LogP contribution in [0.2, 0.25) is 0 Å². The molecule has 2 heterocycles. The van der Waals surface area contributed by atoms with Gasteiger partial charge in [-0.2, -0.15) is 0 Å². The Kier molecular flexibility index (Phi) is 1.83. The van der Waals surface area contributed by atoms with Crippen molar-refractivity contribution >= 4 is 17.5 Å². The summed E-state index contributed by atoms with van der Waals surface area (Å²) in [5.74, 6) is 0. The number of anilines is 1. The highest BCUT2D eigenvalue weighted by Gasteiger charge is 2.17. The molecule has 2 aromatic rings. The standard InChI is InChI=1S/C15H11N3/c1-2-6-12-11(5-1)14-13(17-12)8-7-10-4-3-9-16-18-15(10)14/h1-9,16,18H. The summed E-state index contributed by atoms with van der Waals surface area (Å²) in [7, 11) is 0. The van der Waals surface area contributed by atoms with Crippen molar-refractivity contribution in [3.63, 3.8) is 0 Å². The number of hydrazine groups is 1. The van der Waals surface area contributed by atoms with Crippen molar-refractivity contribution in [3.05, 3.63) is 59.3 Å². The molecule has 0 aromatic heterocycles. The number of hydrogen-bond acceptors (Lipinski definition) is 3. The Morgan fingerprint density at radius 1 is 1.00 bits per heavy atom. The Balaban J connectivity index is 2.12. The summed E-state index contributed by atoms with van der Waals surface area (Å²) in [4.78, 5) is 4.65. The third-order valence-corrected chi connectivity index (χ3v) is 3.28. The topological polar surface area (TPSA) is 36.4 Å². The molecule has 0 aliphatic carbocycles. The second kappa shape index (κ2) is 3.47. The maximum Gasteiger partial charge on any atom is 0.0738 e. The quantitative estimate of drug-likeness (QED) is 0.621. The first kappa shape index (κ1) is 9.48. The van der Waals surface area contributed by atoms with Crippen molar-refractivity contribution < 1.29 is 0 Å². The van der Waals surface area contributed by atoms with Gasteiger partial charge in [0.25, 0.3) is 0 Å². The minimum Gasteiger partial charge on any atom is -0.308 e. The number of nitrogens with one attached hydrogen (secondary N) is 2. The Bertz CT molecular complexity index is 788. The number of para-hydroxylation sites is 1. The van der Waals surface area contributed by atoms with Crippen molar-refractivity contribution in [2.45, 2.75) is 0 Å². The third kappa shape index (κ3) is 1.21. The predicted octanol–water partition coefficient (Wildman–Crippen LogP) is 1.84. The lowest BCUT2D eigenvalue weighted by Crippen LogP contribution is -2.22. The van der Waals surface area contributed by atoms with Gasteiger partial charge in [0.2, 0.25) is 0 Å². The molecule has 0 fully saturated rings. The molecule has 2 aliphatic rings. The average Bonchev–Trinajstić information content (AvgIpc) is 2.61. The Morgan fingerprint density at radius 3 is 2.94 bits per heavy atom. The average molecular weight is 233 g/mol. The third-order valence-electron chi connectivity index (χ3n) is 3.28. The molecule has 18 heavy (non-hydrogen) atoms. The van der Waals surface area contributed by atoms with Crippen molar-refractivity contribution in [1.29, 1.82) is 0 Å². The van der Waals surface area contributed by atoms with Crippen LogP contribution >= 0.6 is 0 Å². The van der Waals surface area contributed by atoms with Gasteiger partial charge in [-0.3, -0.25) is 0 Å². The van der Waals surface area contributed by atoms with Crippen LogP contribution in [0.4, 0.5) is 11.4 Å². The predicted molar refractivity (Wildman–Crippen MR) is 72.7 cm³/mol. The highest BCUT2D eigenvalue weighted by atomic mass is 15.3. The van der Waals surface area contributed by atoms with Gasteiger partial charge in [-0.1, -0.05) is 30.3 Å². The summed E-state index contributed by atoms with van der Waals surface area (Å²) in [6.45, 7) is 0. The molecule has 2 aliphatic heterocycles. The van der Waals surface area contributed by atoms with Gasteiger partial charge in [0, 0.05) is 22.5 Å². The minimum absolute atomic E-state index is 1.03. The van der Waals surface area contributed by atoms with E-state index in [1.807, 2.05) is 24.4 Å². The van der Waals surface area contributed by atoms with E-state index in [4.69, 9.17) is 0 Å². The van der Waals surface area contributed by atoms with E-state index in [0.29, 0.717) is 0 Å². The molecule has 86 valence electrons. The normalized spacial score (nSPS) is 14.0. The SMILES string of the molecule is C1=CNNc2c3c(ccc2=C1)=Nc1ccccc1-3. The second-order valence-corrected chi connectivity index (χ2v) is 4.35. The Morgan fingerprint density at radius 2 is 1.94 bits per heavy atom. The van der Waals surface area contributed by atoms with E-state index in [0.717, 1.165) is 16.7 Å². The monoisotopic (exact) mass is 233 g/mol. The van der Waals surface area contributed by atoms with Crippen molar-refractivity contribution in [2.75, 3.05) is 5.43 Å². The zero-order chi connectivity index (χ0) is 11.9. The van der Waals surface area contributed by atoms with Crippen LogP contribution in [0.5, 0.6) is 0 Å². The first-order valence-electron chi connectivity index (χ1n) is 5.93. The molecule has 0 bridgehead atoms. The van der Waals surface area contributed by atoms with Gasteiger partial charge < -0.3 is 10.9 Å². The smallest absolute Gasteiger partial charge is 0.0738 e. The van der Waals surface area contributed by atoms with Gasteiger partial charge in [0.15, 0.2) is 0 Å². The summed E-state index contributed by atoms with van der Waals surface area (Å²) in [5.41, 5.74) is 10.8. The fourth-order valence-corrected chi connectivity index (χ4v) is 2.47. The van der Waals surface area contributed by atoms with Crippen LogP contribution in [0.15, 0.2) is 53.7 Å². The number of fused-ring (bicyclic) bond motifs is 5. The van der Waals surface area contributed by atoms with Crippen LogP contribution in [0, 0.1) is 0 Å². The zero-order valence-corrected chi connectivity index (χ0v) is 9.64. The van der Waals surface area contributed by atoms with Crippen LogP contribution in [0.1, 0.15) is 0 Å². The van der Waals surface area contributed by atoms with E-state index in [-0.39, 0.29) is 0 Å². The molecule has 0 radical (unpaired) electrons. The van der Waals surface area contributed by atoms with Gasteiger partial charge in [0.1, 0.15) is 0 Å². The molecular weight excluding hydrogens is 222 g/mol. The lowest BCUT2D eigenvalue weighted by atomic mass is 10.0. The Labute approximate surface area is 104 Å². The lowest BCUT2D eigenvalue weighted by molar-refractivity contribution is 1.06. The van der Waals surface area contributed by atoms with Gasteiger partial charge in [-0.25, -0.2) is 4.99 Å². The number of allylic oxidation sites excluding steroid dienone is 1.